The minimum Gasteiger partial charge on any atom is -0.489 e. The number of rotatable bonds is 6. The van der Waals surface area contributed by atoms with Crippen LogP contribution >= 0.6 is 27.7 Å². The molecule has 1 aliphatic rings. The first-order valence-corrected chi connectivity index (χ1v) is 9.83. The van der Waals surface area contributed by atoms with Crippen molar-refractivity contribution >= 4 is 38.8 Å². The molecule has 0 N–H and O–H groups in total. The maximum absolute atomic E-state index is 13.3. The molecule has 4 nitrogen and oxygen atoms in total. The number of ether oxygens (including phenoxy) is 1. The molecule has 1 atom stereocenters. The van der Waals surface area contributed by atoms with Crippen LogP contribution in [-0.2, 0) is 17.8 Å². The molecule has 136 valence electrons. The summed E-state index contributed by atoms with van der Waals surface area (Å²) in [5.74, 6) is 0.139. The molecule has 1 saturated heterocycles. The second-order valence-electron chi connectivity index (χ2n) is 5.83. The zero-order valence-electron chi connectivity index (χ0n) is 14.1. The molecule has 0 radical (unpaired) electrons. The van der Waals surface area contributed by atoms with Crippen LogP contribution in [-0.4, -0.2) is 27.8 Å². The van der Waals surface area contributed by atoms with Gasteiger partial charge in [-0.1, -0.05) is 39.8 Å². The quantitative estimate of drug-likeness (QED) is 0.651. The van der Waals surface area contributed by atoms with Crippen LogP contribution in [0.3, 0.4) is 0 Å². The first-order chi connectivity index (χ1) is 12.5. The number of carbonyl (C=O) groups excluding carboxylic acids is 2. The number of benzene rings is 2. The van der Waals surface area contributed by atoms with E-state index in [0.717, 1.165) is 27.4 Å². The Labute approximate surface area is 163 Å². The third kappa shape index (κ3) is 4.27. The SMILES string of the molecule is CCN1C(=O)S[C@@H](Cc2cc(Br)ccc2OCc2cccc(F)c2)C1=O. The fourth-order valence-electron chi connectivity index (χ4n) is 2.75. The van der Waals surface area contributed by atoms with E-state index in [-0.39, 0.29) is 23.6 Å². The Morgan fingerprint density at radius 1 is 1.23 bits per heavy atom. The highest BCUT2D eigenvalue weighted by molar-refractivity contribution is 9.10. The van der Waals surface area contributed by atoms with E-state index in [1.807, 2.05) is 18.2 Å². The number of hydrogen-bond donors (Lipinski definition) is 0. The molecule has 2 aromatic rings. The van der Waals surface area contributed by atoms with Crippen LogP contribution in [0, 0.1) is 5.82 Å². The summed E-state index contributed by atoms with van der Waals surface area (Å²) in [6, 6.07) is 11.8. The zero-order chi connectivity index (χ0) is 18.7. The van der Waals surface area contributed by atoms with Gasteiger partial charge in [0.05, 0.1) is 5.25 Å². The van der Waals surface area contributed by atoms with Crippen LogP contribution in [0.4, 0.5) is 9.18 Å². The molecule has 0 saturated carbocycles. The molecule has 0 spiro atoms. The van der Waals surface area contributed by atoms with Gasteiger partial charge in [-0.2, -0.15) is 0 Å². The first kappa shape index (κ1) is 18.9. The molecule has 0 aromatic heterocycles. The average molecular weight is 438 g/mol. The Morgan fingerprint density at radius 2 is 2.04 bits per heavy atom. The van der Waals surface area contributed by atoms with Crippen LogP contribution in [0.25, 0.3) is 0 Å². The fourth-order valence-corrected chi connectivity index (χ4v) is 4.24. The highest BCUT2D eigenvalue weighted by Gasteiger charge is 2.38. The summed E-state index contributed by atoms with van der Waals surface area (Å²) in [4.78, 5) is 25.5. The zero-order valence-corrected chi connectivity index (χ0v) is 16.5. The maximum Gasteiger partial charge on any atom is 0.289 e. The van der Waals surface area contributed by atoms with Crippen molar-refractivity contribution < 1.29 is 18.7 Å². The maximum atomic E-state index is 13.3. The van der Waals surface area contributed by atoms with Crippen LogP contribution in [0.2, 0.25) is 0 Å². The number of imide groups is 1. The van der Waals surface area contributed by atoms with Gasteiger partial charge in [-0.25, -0.2) is 4.39 Å². The number of carbonyl (C=O) groups is 2. The van der Waals surface area contributed by atoms with E-state index in [4.69, 9.17) is 4.74 Å². The third-order valence-corrected chi connectivity index (χ3v) is 5.60. The molecule has 0 bridgehead atoms. The van der Waals surface area contributed by atoms with Gasteiger partial charge in [0.1, 0.15) is 18.2 Å². The lowest BCUT2D eigenvalue weighted by atomic mass is 10.1. The van der Waals surface area contributed by atoms with Gasteiger partial charge in [0, 0.05) is 11.0 Å². The predicted octanol–water partition coefficient (Wildman–Crippen LogP) is 4.79. The van der Waals surface area contributed by atoms with Crippen molar-refractivity contribution in [1.29, 1.82) is 0 Å². The van der Waals surface area contributed by atoms with Crippen LogP contribution in [0.5, 0.6) is 5.75 Å². The predicted molar refractivity (Wildman–Crippen MR) is 103 cm³/mol. The van der Waals surface area contributed by atoms with Gasteiger partial charge in [-0.15, -0.1) is 0 Å². The Kier molecular flexibility index (Phi) is 5.98. The third-order valence-electron chi connectivity index (χ3n) is 4.03. The van der Waals surface area contributed by atoms with Crippen molar-refractivity contribution in [2.45, 2.75) is 25.2 Å². The van der Waals surface area contributed by atoms with Gasteiger partial charge < -0.3 is 4.74 Å². The van der Waals surface area contributed by atoms with Crippen molar-refractivity contribution in [3.8, 4) is 5.75 Å². The molecular weight excluding hydrogens is 421 g/mol. The number of halogens is 2. The van der Waals surface area contributed by atoms with Crippen molar-refractivity contribution in [2.75, 3.05) is 6.54 Å². The van der Waals surface area contributed by atoms with Gasteiger partial charge >= 0.3 is 0 Å². The van der Waals surface area contributed by atoms with Crippen molar-refractivity contribution in [1.82, 2.24) is 4.90 Å². The molecular formula is C19H17BrFNO3S. The Hall–Kier alpha value is -1.86. The summed E-state index contributed by atoms with van der Waals surface area (Å²) in [6.45, 7) is 2.38. The molecule has 0 unspecified atom stereocenters. The molecule has 0 aliphatic carbocycles. The molecule has 1 fully saturated rings. The summed E-state index contributed by atoms with van der Waals surface area (Å²) < 4.78 is 20.0. The van der Waals surface area contributed by atoms with E-state index < -0.39 is 5.25 Å². The lowest BCUT2D eigenvalue weighted by Gasteiger charge is -2.15. The number of nitrogens with zero attached hydrogens (tertiary/aromatic N) is 1. The largest absolute Gasteiger partial charge is 0.489 e. The second-order valence-corrected chi connectivity index (χ2v) is 7.90. The van der Waals surface area contributed by atoms with E-state index in [9.17, 15) is 14.0 Å². The van der Waals surface area contributed by atoms with E-state index in [1.54, 1.807) is 19.1 Å². The van der Waals surface area contributed by atoms with Gasteiger partial charge in [0.15, 0.2) is 0 Å². The monoisotopic (exact) mass is 437 g/mol. The summed E-state index contributed by atoms with van der Waals surface area (Å²) in [6.07, 6.45) is 0.393. The molecule has 2 amide bonds. The summed E-state index contributed by atoms with van der Waals surface area (Å²) in [5, 5.41) is -0.659. The average Bonchev–Trinajstić information content (AvgIpc) is 2.87. The van der Waals surface area contributed by atoms with Crippen LogP contribution < -0.4 is 4.74 Å². The van der Waals surface area contributed by atoms with Crippen molar-refractivity contribution in [2.24, 2.45) is 0 Å². The van der Waals surface area contributed by atoms with Crippen molar-refractivity contribution in [3.05, 3.63) is 63.9 Å². The van der Waals surface area contributed by atoms with Crippen molar-refractivity contribution in [3.63, 3.8) is 0 Å². The lowest BCUT2D eigenvalue weighted by Crippen LogP contribution is -2.31. The highest BCUT2D eigenvalue weighted by atomic mass is 79.9. The molecule has 1 aliphatic heterocycles. The normalized spacial score (nSPS) is 17.0. The van der Waals surface area contributed by atoms with Gasteiger partial charge in [-0.05, 0) is 54.8 Å². The van der Waals surface area contributed by atoms with Gasteiger partial charge in [0.2, 0.25) is 5.91 Å². The highest BCUT2D eigenvalue weighted by Crippen LogP contribution is 2.33. The minimum absolute atomic E-state index is 0.168. The number of thioether (sulfide) groups is 1. The summed E-state index contributed by atoms with van der Waals surface area (Å²) >= 11 is 4.48. The standard InChI is InChI=1S/C19H17BrFNO3S/c1-2-22-18(23)17(26-19(22)24)10-13-9-14(20)6-7-16(13)25-11-12-4-3-5-15(21)8-12/h3-9,17H,2,10-11H2,1H3/t17-/m0/s1. The summed E-state index contributed by atoms with van der Waals surface area (Å²) in [7, 11) is 0. The lowest BCUT2D eigenvalue weighted by molar-refractivity contribution is -0.126. The van der Waals surface area contributed by atoms with E-state index in [2.05, 4.69) is 15.9 Å². The molecule has 7 heteroatoms. The molecule has 26 heavy (non-hydrogen) atoms. The number of hydrogen-bond acceptors (Lipinski definition) is 4. The number of amides is 2. The molecule has 3 rings (SSSR count). The van der Waals surface area contributed by atoms with Crippen LogP contribution in [0.1, 0.15) is 18.1 Å². The second kappa shape index (κ2) is 8.22. The summed E-state index contributed by atoms with van der Waals surface area (Å²) in [5.41, 5.74) is 1.55. The smallest absolute Gasteiger partial charge is 0.289 e. The molecule has 1 heterocycles. The van der Waals surface area contributed by atoms with Gasteiger partial charge in [0.25, 0.3) is 5.24 Å². The minimum atomic E-state index is -0.451. The Balaban J connectivity index is 1.76. The van der Waals surface area contributed by atoms with E-state index >= 15 is 0 Å². The molecule has 2 aromatic carbocycles. The van der Waals surface area contributed by atoms with Gasteiger partial charge in [-0.3, -0.25) is 14.5 Å². The first-order valence-electron chi connectivity index (χ1n) is 8.15. The topological polar surface area (TPSA) is 46.6 Å². The van der Waals surface area contributed by atoms with E-state index in [0.29, 0.717) is 18.7 Å². The Morgan fingerprint density at radius 3 is 2.73 bits per heavy atom. The Bertz CT molecular complexity index is 845. The van der Waals surface area contributed by atoms with Crippen LogP contribution in [0.15, 0.2) is 46.9 Å². The fraction of sp³-hybridized carbons (Fsp3) is 0.263. The van der Waals surface area contributed by atoms with E-state index in [1.165, 1.54) is 17.0 Å².